The largest absolute Gasteiger partial charge is 0.465 e. The van der Waals surface area contributed by atoms with Crippen LogP contribution in [0.5, 0.6) is 0 Å². The molecule has 0 aromatic heterocycles. The number of carboxylic acid groups (broad SMARTS) is 1. The van der Waals surface area contributed by atoms with Crippen molar-refractivity contribution in [3.05, 3.63) is 0 Å². The van der Waals surface area contributed by atoms with E-state index in [0.29, 0.717) is 0 Å². The molecular weight excluding hydrogens is 166 g/mol. The van der Waals surface area contributed by atoms with Crippen LogP contribution in [0.15, 0.2) is 0 Å². The molecule has 0 rings (SSSR count). The van der Waals surface area contributed by atoms with Gasteiger partial charge >= 0.3 is 6.09 Å². The molecule has 0 bridgehead atoms. The van der Waals surface area contributed by atoms with Crippen molar-refractivity contribution < 1.29 is 9.90 Å². The number of hydrogen-bond donors (Lipinski definition) is 1. The lowest BCUT2D eigenvalue weighted by Gasteiger charge is -2.19. The van der Waals surface area contributed by atoms with Gasteiger partial charge in [-0.1, -0.05) is 11.8 Å². The normalized spacial score (nSPS) is 10.1. The van der Waals surface area contributed by atoms with E-state index in [1.54, 1.807) is 20.8 Å². The van der Waals surface area contributed by atoms with E-state index in [1.165, 1.54) is 4.90 Å². The molecule has 0 saturated heterocycles. The Balaban J connectivity index is 4.44. The number of hydrogen-bond acceptors (Lipinski definition) is 1. The van der Waals surface area contributed by atoms with Gasteiger partial charge in [-0.3, -0.25) is 4.90 Å². The molecule has 0 saturated carbocycles. The Labute approximate surface area is 78.7 Å². The first kappa shape index (κ1) is 11.4. The molecular formula is C10H13NO2. The zero-order valence-corrected chi connectivity index (χ0v) is 8.09. The molecule has 3 nitrogen and oxygen atoms in total. The van der Waals surface area contributed by atoms with E-state index in [2.05, 4.69) is 23.7 Å². The Morgan fingerprint density at radius 1 is 1.46 bits per heavy atom. The first-order chi connectivity index (χ1) is 6.13. The van der Waals surface area contributed by atoms with Gasteiger partial charge in [-0.25, -0.2) is 4.79 Å². The van der Waals surface area contributed by atoms with Gasteiger partial charge in [0.2, 0.25) is 0 Å². The molecule has 0 radical (unpaired) electrons. The Morgan fingerprint density at radius 2 is 2.08 bits per heavy atom. The van der Waals surface area contributed by atoms with Gasteiger partial charge in [-0.15, -0.1) is 11.8 Å². The first-order valence-electron chi connectivity index (χ1n) is 3.95. The minimum absolute atomic E-state index is 0.210. The number of amides is 1. The van der Waals surface area contributed by atoms with Crippen molar-refractivity contribution in [1.29, 1.82) is 0 Å². The van der Waals surface area contributed by atoms with E-state index >= 15 is 0 Å². The van der Waals surface area contributed by atoms with Crippen LogP contribution in [0.4, 0.5) is 4.79 Å². The first-order valence-corrected chi connectivity index (χ1v) is 3.95. The highest BCUT2D eigenvalue weighted by Crippen LogP contribution is 1.97. The number of carbonyl (C=O) groups is 1. The zero-order valence-electron chi connectivity index (χ0n) is 8.09. The molecule has 0 spiro atoms. The highest BCUT2D eigenvalue weighted by molar-refractivity contribution is 5.66. The van der Waals surface area contributed by atoms with Gasteiger partial charge in [0.25, 0.3) is 0 Å². The maximum atomic E-state index is 10.7. The van der Waals surface area contributed by atoms with Crippen LogP contribution in [0.3, 0.4) is 0 Å². The quantitative estimate of drug-likeness (QED) is 0.651. The standard InChI is InChI=1S/C10H13NO2/c1-4-6-8-11(10(12)13)9(3)7-5-2/h9H,8H2,1-3H3,(H,12,13)/t9-/m1/s1. The molecule has 1 N–H and O–H groups in total. The second kappa shape index (κ2) is 5.97. The molecule has 0 aromatic carbocycles. The Morgan fingerprint density at radius 3 is 2.46 bits per heavy atom. The number of nitrogens with zero attached hydrogens (tertiary/aromatic N) is 1. The fourth-order valence-corrected chi connectivity index (χ4v) is 0.821. The lowest BCUT2D eigenvalue weighted by Crippen LogP contribution is -2.37. The summed E-state index contributed by atoms with van der Waals surface area (Å²) in [5.74, 6) is 10.8. The van der Waals surface area contributed by atoms with Crippen molar-refractivity contribution in [2.75, 3.05) is 6.54 Å². The summed E-state index contributed by atoms with van der Waals surface area (Å²) in [4.78, 5) is 11.9. The van der Waals surface area contributed by atoms with Crippen LogP contribution in [0.2, 0.25) is 0 Å². The molecule has 3 heteroatoms. The van der Waals surface area contributed by atoms with Crippen molar-refractivity contribution in [3.63, 3.8) is 0 Å². The summed E-state index contributed by atoms with van der Waals surface area (Å²) in [5, 5.41) is 8.79. The van der Waals surface area contributed by atoms with Crippen LogP contribution in [0.1, 0.15) is 20.8 Å². The summed E-state index contributed by atoms with van der Waals surface area (Å²) in [6.07, 6.45) is -0.988. The van der Waals surface area contributed by atoms with Crippen LogP contribution in [0, 0.1) is 23.7 Å². The predicted octanol–water partition coefficient (Wildman–Crippen LogP) is 1.40. The van der Waals surface area contributed by atoms with Gasteiger partial charge in [0.05, 0.1) is 12.6 Å². The Bertz CT molecular complexity index is 288. The third-order valence-electron chi connectivity index (χ3n) is 1.49. The summed E-state index contributed by atoms with van der Waals surface area (Å²) >= 11 is 0. The van der Waals surface area contributed by atoms with E-state index in [9.17, 15) is 4.79 Å². The molecule has 0 fully saturated rings. The van der Waals surface area contributed by atoms with E-state index in [0.717, 1.165) is 0 Å². The lowest BCUT2D eigenvalue weighted by atomic mass is 10.3. The average Bonchev–Trinajstić information content (AvgIpc) is 2.05. The second-order valence-electron chi connectivity index (χ2n) is 2.41. The van der Waals surface area contributed by atoms with Crippen LogP contribution in [-0.2, 0) is 0 Å². The molecule has 0 unspecified atom stereocenters. The molecule has 70 valence electrons. The van der Waals surface area contributed by atoms with Crippen molar-refractivity contribution in [2.24, 2.45) is 0 Å². The van der Waals surface area contributed by atoms with Gasteiger partial charge in [-0.2, -0.15) is 0 Å². The van der Waals surface area contributed by atoms with Crippen LogP contribution >= 0.6 is 0 Å². The van der Waals surface area contributed by atoms with Crippen molar-refractivity contribution in [1.82, 2.24) is 4.90 Å². The van der Waals surface area contributed by atoms with E-state index in [4.69, 9.17) is 5.11 Å². The van der Waals surface area contributed by atoms with E-state index in [1.807, 2.05) is 0 Å². The fourth-order valence-electron chi connectivity index (χ4n) is 0.821. The van der Waals surface area contributed by atoms with Gasteiger partial charge < -0.3 is 5.11 Å². The van der Waals surface area contributed by atoms with Gasteiger partial charge in [0.1, 0.15) is 0 Å². The van der Waals surface area contributed by atoms with Crippen LogP contribution in [-0.4, -0.2) is 28.7 Å². The SMILES string of the molecule is CC#CCN(C(=O)O)[C@H](C)C#CC. The summed E-state index contributed by atoms with van der Waals surface area (Å²) in [7, 11) is 0. The van der Waals surface area contributed by atoms with Crippen LogP contribution in [0.25, 0.3) is 0 Å². The van der Waals surface area contributed by atoms with E-state index in [-0.39, 0.29) is 12.6 Å². The lowest BCUT2D eigenvalue weighted by molar-refractivity contribution is 0.145. The number of rotatable bonds is 2. The summed E-state index contributed by atoms with van der Waals surface area (Å²) in [6, 6.07) is -0.302. The van der Waals surface area contributed by atoms with Crippen molar-refractivity contribution in [2.45, 2.75) is 26.8 Å². The third kappa shape index (κ3) is 4.08. The monoisotopic (exact) mass is 179 g/mol. The third-order valence-corrected chi connectivity index (χ3v) is 1.49. The Hall–Kier alpha value is -1.61. The highest BCUT2D eigenvalue weighted by Gasteiger charge is 2.15. The maximum absolute atomic E-state index is 10.7. The zero-order chi connectivity index (χ0) is 10.3. The van der Waals surface area contributed by atoms with Gasteiger partial charge in [0, 0.05) is 0 Å². The summed E-state index contributed by atoms with van der Waals surface area (Å²) in [5.41, 5.74) is 0. The molecule has 13 heavy (non-hydrogen) atoms. The minimum atomic E-state index is -0.988. The minimum Gasteiger partial charge on any atom is -0.465 e. The maximum Gasteiger partial charge on any atom is 0.409 e. The van der Waals surface area contributed by atoms with Crippen LogP contribution < -0.4 is 0 Å². The van der Waals surface area contributed by atoms with Crippen molar-refractivity contribution >= 4 is 6.09 Å². The summed E-state index contributed by atoms with van der Waals surface area (Å²) < 4.78 is 0. The molecule has 0 aromatic rings. The molecule has 0 aliphatic heterocycles. The molecule has 1 atom stereocenters. The van der Waals surface area contributed by atoms with Crippen molar-refractivity contribution in [3.8, 4) is 23.7 Å². The second-order valence-corrected chi connectivity index (χ2v) is 2.41. The Kier molecular flexibility index (Phi) is 5.23. The predicted molar refractivity (Wildman–Crippen MR) is 51.1 cm³/mol. The average molecular weight is 179 g/mol. The highest BCUT2D eigenvalue weighted by atomic mass is 16.4. The summed E-state index contributed by atoms with van der Waals surface area (Å²) in [6.45, 7) is 5.31. The fraction of sp³-hybridized carbons (Fsp3) is 0.500. The smallest absolute Gasteiger partial charge is 0.409 e. The molecule has 0 heterocycles. The van der Waals surface area contributed by atoms with Gasteiger partial charge in [0.15, 0.2) is 0 Å². The molecule has 0 aliphatic rings. The van der Waals surface area contributed by atoms with E-state index < -0.39 is 6.09 Å². The molecule has 0 aliphatic carbocycles. The van der Waals surface area contributed by atoms with Gasteiger partial charge in [-0.05, 0) is 20.8 Å². The topological polar surface area (TPSA) is 40.5 Å². The molecule has 1 amide bonds.